The molecule has 0 saturated carbocycles. The van der Waals surface area contributed by atoms with Gasteiger partial charge < -0.3 is 4.90 Å². The molecule has 0 aliphatic heterocycles. The molecule has 0 bridgehead atoms. The van der Waals surface area contributed by atoms with E-state index in [4.69, 9.17) is 5.84 Å². The average Bonchev–Trinajstić information content (AvgIpc) is 2.16. The smallest absolute Gasteiger partial charge is 0.250 e. The summed E-state index contributed by atoms with van der Waals surface area (Å²) in [5.74, 6) is 4.99. The number of carbonyl (C=O) groups is 1. The number of nitrogens with zero attached hydrogens (tertiary/aromatic N) is 2. The third-order valence-corrected chi connectivity index (χ3v) is 2.58. The summed E-state index contributed by atoms with van der Waals surface area (Å²) < 4.78 is 0. The van der Waals surface area contributed by atoms with Crippen molar-refractivity contribution in [3.63, 3.8) is 0 Å². The van der Waals surface area contributed by atoms with Crippen LogP contribution in [0.5, 0.6) is 0 Å². The predicted octanol–water partition coefficient (Wildman–Crippen LogP) is -0.363. The van der Waals surface area contributed by atoms with Gasteiger partial charge >= 0.3 is 0 Å². The summed E-state index contributed by atoms with van der Waals surface area (Å²) in [4.78, 5) is 15.6. The third kappa shape index (κ3) is 4.59. The maximum Gasteiger partial charge on any atom is 0.250 e. The number of nitrogens with two attached hydrogens (primary N) is 1. The summed E-state index contributed by atoms with van der Waals surface area (Å²) in [5.41, 5.74) is 2.19. The minimum atomic E-state index is -0.185. The average molecular weight is 216 g/mol. The highest BCUT2D eigenvalue weighted by Crippen LogP contribution is 2.06. The van der Waals surface area contributed by atoms with E-state index in [9.17, 15) is 4.79 Å². The van der Waals surface area contributed by atoms with Gasteiger partial charge in [-0.2, -0.15) is 0 Å². The Hall–Kier alpha value is -0.650. The topological polar surface area (TPSA) is 61.6 Å². The van der Waals surface area contributed by atoms with E-state index in [-0.39, 0.29) is 11.9 Å². The van der Waals surface area contributed by atoms with Gasteiger partial charge in [-0.1, -0.05) is 6.92 Å². The number of amides is 1. The lowest BCUT2D eigenvalue weighted by molar-refractivity contribution is -0.126. The number of hydrogen-bond donors (Lipinski definition) is 2. The Bertz CT molecular complexity index is 196. The molecule has 0 heterocycles. The summed E-state index contributed by atoms with van der Waals surface area (Å²) >= 11 is 0. The molecule has 0 saturated heterocycles. The van der Waals surface area contributed by atoms with Gasteiger partial charge in [-0.3, -0.25) is 15.1 Å². The normalized spacial score (nSPS) is 15.5. The molecular weight excluding hydrogens is 192 g/mol. The predicted molar refractivity (Wildman–Crippen MR) is 62.2 cm³/mol. The Morgan fingerprint density at radius 3 is 2.27 bits per heavy atom. The van der Waals surface area contributed by atoms with Crippen LogP contribution in [-0.2, 0) is 4.79 Å². The fraction of sp³-hybridized carbons (Fsp3) is 0.900. The number of hydrogen-bond acceptors (Lipinski definition) is 4. The lowest BCUT2D eigenvalue weighted by Gasteiger charge is -2.33. The van der Waals surface area contributed by atoms with E-state index in [2.05, 4.69) is 22.1 Å². The van der Waals surface area contributed by atoms with Crippen molar-refractivity contribution in [1.82, 2.24) is 15.2 Å². The van der Waals surface area contributed by atoms with Crippen molar-refractivity contribution in [3.8, 4) is 0 Å². The number of nitrogens with one attached hydrogen (secondary N) is 1. The van der Waals surface area contributed by atoms with Gasteiger partial charge in [-0.15, -0.1) is 0 Å². The Balaban J connectivity index is 4.39. The van der Waals surface area contributed by atoms with Crippen molar-refractivity contribution in [2.45, 2.75) is 32.9 Å². The Morgan fingerprint density at radius 1 is 1.40 bits per heavy atom. The van der Waals surface area contributed by atoms with Crippen LogP contribution in [0, 0.1) is 0 Å². The molecule has 15 heavy (non-hydrogen) atoms. The van der Waals surface area contributed by atoms with Crippen LogP contribution in [0.15, 0.2) is 0 Å². The van der Waals surface area contributed by atoms with E-state index < -0.39 is 0 Å². The van der Waals surface area contributed by atoms with Crippen molar-refractivity contribution in [3.05, 3.63) is 0 Å². The number of hydrazine groups is 1. The van der Waals surface area contributed by atoms with Crippen LogP contribution in [0.25, 0.3) is 0 Å². The SMILES string of the molecule is CCN(C(C)CN(C)C)C(C)C(=O)NN. The van der Waals surface area contributed by atoms with Crippen molar-refractivity contribution in [2.24, 2.45) is 5.84 Å². The van der Waals surface area contributed by atoms with Crippen LogP contribution in [0.4, 0.5) is 0 Å². The van der Waals surface area contributed by atoms with Gasteiger partial charge in [0.2, 0.25) is 0 Å². The zero-order valence-corrected chi connectivity index (χ0v) is 10.4. The molecule has 0 radical (unpaired) electrons. The molecule has 0 fully saturated rings. The van der Waals surface area contributed by atoms with Gasteiger partial charge in [0.05, 0.1) is 6.04 Å². The van der Waals surface area contributed by atoms with Crippen LogP contribution in [0.3, 0.4) is 0 Å². The Kier molecular flexibility index (Phi) is 6.47. The third-order valence-electron chi connectivity index (χ3n) is 2.58. The zero-order chi connectivity index (χ0) is 12.0. The minimum Gasteiger partial charge on any atom is -0.308 e. The first-order valence-electron chi connectivity index (χ1n) is 5.34. The molecule has 90 valence electrons. The van der Waals surface area contributed by atoms with Crippen LogP contribution >= 0.6 is 0 Å². The van der Waals surface area contributed by atoms with E-state index >= 15 is 0 Å². The summed E-state index contributed by atoms with van der Waals surface area (Å²) in [6.07, 6.45) is 0. The van der Waals surface area contributed by atoms with Gasteiger partial charge in [0.15, 0.2) is 0 Å². The van der Waals surface area contributed by atoms with Crippen molar-refractivity contribution >= 4 is 5.91 Å². The molecule has 2 unspecified atom stereocenters. The lowest BCUT2D eigenvalue weighted by Crippen LogP contribution is -2.52. The molecule has 0 aromatic heterocycles. The first-order chi connectivity index (χ1) is 6.93. The summed E-state index contributed by atoms with van der Waals surface area (Å²) in [6, 6.07) is 0.146. The molecule has 0 aromatic carbocycles. The van der Waals surface area contributed by atoms with Gasteiger partial charge in [0.25, 0.3) is 5.91 Å². The monoisotopic (exact) mass is 216 g/mol. The van der Waals surface area contributed by atoms with Gasteiger partial charge in [-0.25, -0.2) is 5.84 Å². The van der Waals surface area contributed by atoms with Gasteiger partial charge in [0, 0.05) is 12.6 Å². The van der Waals surface area contributed by atoms with E-state index in [0.717, 1.165) is 13.1 Å². The molecule has 0 aromatic rings. The maximum absolute atomic E-state index is 11.4. The first-order valence-corrected chi connectivity index (χ1v) is 5.34. The van der Waals surface area contributed by atoms with Crippen molar-refractivity contribution < 1.29 is 4.79 Å². The van der Waals surface area contributed by atoms with Crippen molar-refractivity contribution in [1.29, 1.82) is 0 Å². The van der Waals surface area contributed by atoms with Gasteiger partial charge in [0.1, 0.15) is 0 Å². The summed E-state index contributed by atoms with van der Waals surface area (Å²) in [7, 11) is 4.05. The highest BCUT2D eigenvalue weighted by molar-refractivity contribution is 5.80. The van der Waals surface area contributed by atoms with Crippen LogP contribution < -0.4 is 11.3 Å². The van der Waals surface area contributed by atoms with Crippen LogP contribution in [0.1, 0.15) is 20.8 Å². The molecule has 0 spiro atoms. The molecule has 0 aliphatic rings. The molecule has 0 aliphatic carbocycles. The first kappa shape index (κ1) is 14.3. The number of likely N-dealkylation sites (N-methyl/N-ethyl adjacent to an activating group) is 2. The minimum absolute atomic E-state index is 0.137. The van der Waals surface area contributed by atoms with E-state index in [0.29, 0.717) is 6.04 Å². The fourth-order valence-corrected chi connectivity index (χ4v) is 1.87. The summed E-state index contributed by atoms with van der Waals surface area (Å²) in [5, 5.41) is 0. The second kappa shape index (κ2) is 6.76. The molecular formula is C10H24N4O. The van der Waals surface area contributed by atoms with E-state index in [1.807, 2.05) is 27.9 Å². The van der Waals surface area contributed by atoms with Crippen LogP contribution in [0.2, 0.25) is 0 Å². The lowest BCUT2D eigenvalue weighted by atomic mass is 10.2. The van der Waals surface area contributed by atoms with Crippen LogP contribution in [-0.4, -0.2) is 55.0 Å². The summed E-state index contributed by atoms with van der Waals surface area (Å²) in [6.45, 7) is 7.80. The zero-order valence-electron chi connectivity index (χ0n) is 10.4. The maximum atomic E-state index is 11.4. The second-order valence-corrected chi connectivity index (χ2v) is 4.13. The Labute approximate surface area is 92.6 Å². The van der Waals surface area contributed by atoms with Crippen molar-refractivity contribution in [2.75, 3.05) is 27.2 Å². The number of rotatable bonds is 6. The molecule has 5 nitrogen and oxygen atoms in total. The molecule has 0 rings (SSSR count). The number of carbonyl (C=O) groups excluding carboxylic acids is 1. The second-order valence-electron chi connectivity index (χ2n) is 4.13. The highest BCUT2D eigenvalue weighted by Gasteiger charge is 2.23. The van der Waals surface area contributed by atoms with E-state index in [1.54, 1.807) is 0 Å². The Morgan fingerprint density at radius 2 is 1.93 bits per heavy atom. The molecule has 1 amide bonds. The van der Waals surface area contributed by atoms with Gasteiger partial charge in [-0.05, 0) is 34.5 Å². The highest BCUT2D eigenvalue weighted by atomic mass is 16.2. The molecule has 2 atom stereocenters. The quantitative estimate of drug-likeness (QED) is 0.361. The molecule has 3 N–H and O–H groups in total. The fourth-order valence-electron chi connectivity index (χ4n) is 1.87. The van der Waals surface area contributed by atoms with E-state index in [1.165, 1.54) is 0 Å². The molecule has 5 heteroatoms. The largest absolute Gasteiger partial charge is 0.308 e. The standard InChI is InChI=1S/C10H24N4O/c1-6-14(8(2)7-13(4)5)9(3)10(15)12-11/h8-9H,6-7,11H2,1-5H3,(H,12,15).